The maximum Gasteiger partial charge on any atom is 0.161 e. The second-order valence-electron chi connectivity index (χ2n) is 6.66. The molecule has 1 aliphatic heterocycles. The molecule has 0 fully saturated rings. The summed E-state index contributed by atoms with van der Waals surface area (Å²) >= 11 is 0. The lowest BCUT2D eigenvalue weighted by Gasteiger charge is -2.24. The normalized spacial score (nSPS) is 16.0. The summed E-state index contributed by atoms with van der Waals surface area (Å²) in [5, 5.41) is 7.09. The fourth-order valence-corrected chi connectivity index (χ4v) is 3.56. The average Bonchev–Trinajstić information content (AvgIpc) is 3.21. The lowest BCUT2D eigenvalue weighted by molar-refractivity contribution is 0.310. The number of methoxy groups -OCH3 is 1. The number of hydrogen-bond acceptors (Lipinski definition) is 4. The van der Waals surface area contributed by atoms with Crippen molar-refractivity contribution >= 4 is 11.4 Å². The summed E-state index contributed by atoms with van der Waals surface area (Å²) in [6.45, 7) is 2.58. The van der Waals surface area contributed by atoms with Crippen LogP contribution in [0.15, 0.2) is 84.0 Å². The van der Waals surface area contributed by atoms with E-state index >= 15 is 0 Å². The van der Waals surface area contributed by atoms with Gasteiger partial charge in [-0.3, -0.25) is 5.01 Å². The maximum absolute atomic E-state index is 5.68. The van der Waals surface area contributed by atoms with E-state index in [-0.39, 0.29) is 6.04 Å². The Morgan fingerprint density at radius 1 is 0.929 bits per heavy atom. The van der Waals surface area contributed by atoms with Crippen LogP contribution >= 0.6 is 0 Å². The summed E-state index contributed by atoms with van der Waals surface area (Å²) in [6, 6.07) is 26.9. The zero-order valence-corrected chi connectivity index (χ0v) is 16.2. The quantitative estimate of drug-likeness (QED) is 0.577. The fraction of sp³-hybridized carbons (Fsp3) is 0.208. The summed E-state index contributed by atoms with van der Waals surface area (Å²) in [5.74, 6) is 1.52. The molecule has 142 valence electrons. The van der Waals surface area contributed by atoms with Crippen LogP contribution in [0.1, 0.15) is 30.5 Å². The summed E-state index contributed by atoms with van der Waals surface area (Å²) in [6.07, 6.45) is 0.829. The fourth-order valence-electron chi connectivity index (χ4n) is 3.56. The van der Waals surface area contributed by atoms with Gasteiger partial charge in [-0.15, -0.1) is 0 Å². The Morgan fingerprint density at radius 2 is 1.64 bits per heavy atom. The molecule has 1 aliphatic rings. The predicted octanol–water partition coefficient (Wildman–Crippen LogP) is 5.45. The first-order valence-electron chi connectivity index (χ1n) is 9.58. The number of anilines is 1. The average molecular weight is 372 g/mol. The maximum atomic E-state index is 5.68. The van der Waals surface area contributed by atoms with Crippen molar-refractivity contribution in [3.63, 3.8) is 0 Å². The van der Waals surface area contributed by atoms with Crippen molar-refractivity contribution in [1.82, 2.24) is 0 Å². The van der Waals surface area contributed by atoms with E-state index in [9.17, 15) is 0 Å². The molecule has 0 saturated heterocycles. The van der Waals surface area contributed by atoms with E-state index in [1.165, 1.54) is 0 Å². The topological polar surface area (TPSA) is 34.1 Å². The third kappa shape index (κ3) is 3.58. The second kappa shape index (κ2) is 8.17. The molecule has 0 aromatic heterocycles. The predicted molar refractivity (Wildman–Crippen MR) is 113 cm³/mol. The van der Waals surface area contributed by atoms with Crippen LogP contribution in [0.4, 0.5) is 5.69 Å². The monoisotopic (exact) mass is 372 g/mol. The van der Waals surface area contributed by atoms with E-state index in [2.05, 4.69) is 53.5 Å². The van der Waals surface area contributed by atoms with Crippen LogP contribution in [0.2, 0.25) is 0 Å². The van der Waals surface area contributed by atoms with Crippen LogP contribution in [0.25, 0.3) is 0 Å². The van der Waals surface area contributed by atoms with Crippen molar-refractivity contribution in [2.75, 3.05) is 18.7 Å². The van der Waals surface area contributed by atoms with Crippen LogP contribution in [0.3, 0.4) is 0 Å². The lowest BCUT2D eigenvalue weighted by atomic mass is 9.98. The number of para-hydroxylation sites is 1. The van der Waals surface area contributed by atoms with Crippen molar-refractivity contribution in [2.45, 2.75) is 19.4 Å². The van der Waals surface area contributed by atoms with Crippen LogP contribution < -0.4 is 14.5 Å². The van der Waals surface area contributed by atoms with E-state index in [0.717, 1.165) is 40.4 Å². The van der Waals surface area contributed by atoms with Gasteiger partial charge in [-0.05, 0) is 42.3 Å². The van der Waals surface area contributed by atoms with E-state index < -0.39 is 0 Å². The molecule has 1 heterocycles. The van der Waals surface area contributed by atoms with Crippen molar-refractivity contribution < 1.29 is 9.47 Å². The third-order valence-electron chi connectivity index (χ3n) is 4.91. The molecule has 28 heavy (non-hydrogen) atoms. The highest BCUT2D eigenvalue weighted by Crippen LogP contribution is 2.39. The van der Waals surface area contributed by atoms with Crippen LogP contribution in [0, 0.1) is 0 Å². The number of ether oxygens (including phenoxy) is 2. The van der Waals surface area contributed by atoms with Gasteiger partial charge in [-0.25, -0.2) is 0 Å². The van der Waals surface area contributed by atoms with E-state index in [4.69, 9.17) is 14.6 Å². The SMILES string of the molecule is CCOc1ccc([C@H]2CC(c3ccccc3)=NN2c2ccccc2)cc1OC. The molecule has 0 spiro atoms. The van der Waals surface area contributed by atoms with Crippen molar-refractivity contribution in [3.8, 4) is 11.5 Å². The van der Waals surface area contributed by atoms with Gasteiger partial charge in [0.05, 0.1) is 31.2 Å². The van der Waals surface area contributed by atoms with Gasteiger partial charge in [-0.2, -0.15) is 5.10 Å². The number of hydrogen-bond donors (Lipinski definition) is 0. The minimum atomic E-state index is 0.0992. The van der Waals surface area contributed by atoms with Gasteiger partial charge in [0, 0.05) is 6.42 Å². The molecule has 0 unspecified atom stereocenters. The molecule has 0 bridgehead atoms. The van der Waals surface area contributed by atoms with E-state index in [0.29, 0.717) is 6.61 Å². The number of benzene rings is 3. The highest BCUT2D eigenvalue weighted by Gasteiger charge is 2.30. The van der Waals surface area contributed by atoms with Crippen LogP contribution in [0.5, 0.6) is 11.5 Å². The number of nitrogens with zero attached hydrogens (tertiary/aromatic N) is 2. The lowest BCUT2D eigenvalue weighted by Crippen LogP contribution is -2.18. The smallest absolute Gasteiger partial charge is 0.161 e. The summed E-state index contributed by atoms with van der Waals surface area (Å²) in [5.41, 5.74) is 4.47. The standard InChI is InChI=1S/C24H24N2O2/c1-3-28-23-15-14-19(16-24(23)27-2)22-17-21(18-10-6-4-7-11-18)25-26(22)20-12-8-5-9-13-20/h4-16,22H,3,17H2,1-2H3/t22-/m1/s1. The molecule has 0 radical (unpaired) electrons. The summed E-state index contributed by atoms with van der Waals surface area (Å²) in [4.78, 5) is 0. The minimum Gasteiger partial charge on any atom is -0.493 e. The molecule has 0 aliphatic carbocycles. The molecule has 0 N–H and O–H groups in total. The molecule has 3 aromatic rings. The molecule has 3 aromatic carbocycles. The van der Waals surface area contributed by atoms with Crippen LogP contribution in [-0.2, 0) is 0 Å². The highest BCUT2D eigenvalue weighted by atomic mass is 16.5. The zero-order chi connectivity index (χ0) is 19.3. The first-order chi connectivity index (χ1) is 13.8. The van der Waals surface area contributed by atoms with Gasteiger partial charge < -0.3 is 9.47 Å². The molecule has 4 rings (SSSR count). The first-order valence-corrected chi connectivity index (χ1v) is 9.58. The summed E-state index contributed by atoms with van der Waals surface area (Å²) < 4.78 is 11.2. The highest BCUT2D eigenvalue weighted by molar-refractivity contribution is 6.03. The Bertz CT molecular complexity index is 955. The molecule has 1 atom stereocenters. The van der Waals surface area contributed by atoms with E-state index in [1.54, 1.807) is 7.11 Å². The van der Waals surface area contributed by atoms with Gasteiger partial charge in [0.25, 0.3) is 0 Å². The van der Waals surface area contributed by atoms with Gasteiger partial charge in [0.2, 0.25) is 0 Å². The van der Waals surface area contributed by atoms with Gasteiger partial charge >= 0.3 is 0 Å². The number of rotatable bonds is 6. The van der Waals surface area contributed by atoms with Gasteiger partial charge in [0.1, 0.15) is 0 Å². The van der Waals surface area contributed by atoms with Crippen molar-refractivity contribution in [2.24, 2.45) is 5.10 Å². The van der Waals surface area contributed by atoms with Crippen molar-refractivity contribution in [3.05, 3.63) is 90.0 Å². The Morgan fingerprint density at radius 3 is 2.32 bits per heavy atom. The van der Waals surface area contributed by atoms with Crippen LogP contribution in [-0.4, -0.2) is 19.4 Å². The number of hydrazone groups is 1. The molecule has 0 saturated carbocycles. The largest absolute Gasteiger partial charge is 0.493 e. The minimum absolute atomic E-state index is 0.0992. The molecule has 4 nitrogen and oxygen atoms in total. The van der Waals surface area contributed by atoms with Crippen molar-refractivity contribution in [1.29, 1.82) is 0 Å². The molecule has 4 heteroatoms. The van der Waals surface area contributed by atoms with Gasteiger partial charge in [0.15, 0.2) is 11.5 Å². The molecule has 0 amide bonds. The Kier molecular flexibility index (Phi) is 5.29. The molecular weight excluding hydrogens is 348 g/mol. The first kappa shape index (κ1) is 18.1. The second-order valence-corrected chi connectivity index (χ2v) is 6.66. The third-order valence-corrected chi connectivity index (χ3v) is 4.91. The van der Waals surface area contributed by atoms with E-state index in [1.807, 2.05) is 37.3 Å². The Labute approximate surface area is 166 Å². The Balaban J connectivity index is 1.73. The zero-order valence-electron chi connectivity index (χ0n) is 16.2. The van der Waals surface area contributed by atoms with Gasteiger partial charge in [-0.1, -0.05) is 54.6 Å². The summed E-state index contributed by atoms with van der Waals surface area (Å²) in [7, 11) is 1.68. The molecular formula is C24H24N2O2. The Hall–Kier alpha value is -3.27.